The Bertz CT molecular complexity index is 1200. The first-order chi connectivity index (χ1) is 16.6. The Kier molecular flexibility index (Phi) is 6.50. The second-order valence-corrected chi connectivity index (χ2v) is 8.59. The van der Waals surface area contributed by atoms with E-state index in [9.17, 15) is 9.18 Å². The lowest BCUT2D eigenvalue weighted by Gasteiger charge is -2.30. The normalized spacial score (nSPS) is 19.9. The van der Waals surface area contributed by atoms with Gasteiger partial charge in [-0.1, -0.05) is 0 Å². The topological polar surface area (TPSA) is 110 Å². The molecule has 0 radical (unpaired) electrons. The van der Waals surface area contributed by atoms with Gasteiger partial charge in [-0.25, -0.2) is 14.4 Å². The van der Waals surface area contributed by atoms with Crippen molar-refractivity contribution < 1.29 is 18.7 Å². The van der Waals surface area contributed by atoms with Crippen LogP contribution in [0.15, 0.2) is 30.5 Å². The van der Waals surface area contributed by atoms with Gasteiger partial charge in [-0.05, 0) is 43.9 Å². The minimum absolute atomic E-state index is 0.0237. The average Bonchev–Trinajstić information content (AvgIpc) is 2.87. The van der Waals surface area contributed by atoms with Crippen molar-refractivity contribution in [2.24, 2.45) is 0 Å². The van der Waals surface area contributed by atoms with Crippen molar-refractivity contribution in [3.05, 3.63) is 47.5 Å². The predicted molar refractivity (Wildman–Crippen MR) is 124 cm³/mol. The lowest BCUT2D eigenvalue weighted by Crippen LogP contribution is -2.47. The fourth-order valence-electron chi connectivity index (χ4n) is 4.44. The van der Waals surface area contributed by atoms with E-state index in [1.165, 1.54) is 6.20 Å². The molecular formula is C24H27FN6O3. The van der Waals surface area contributed by atoms with Gasteiger partial charge in [-0.3, -0.25) is 9.78 Å². The Morgan fingerprint density at radius 3 is 2.97 bits per heavy atom. The molecule has 0 spiro atoms. The quantitative estimate of drug-likeness (QED) is 0.487. The molecule has 1 amide bonds. The summed E-state index contributed by atoms with van der Waals surface area (Å²) in [6.07, 6.45) is 4.66. The number of amides is 1. The van der Waals surface area contributed by atoms with E-state index in [0.717, 1.165) is 31.5 Å². The summed E-state index contributed by atoms with van der Waals surface area (Å²) in [5.74, 6) is 0.997. The maximum Gasteiger partial charge on any atom is 0.263 e. The van der Waals surface area contributed by atoms with E-state index in [1.54, 1.807) is 19.2 Å². The third kappa shape index (κ3) is 4.92. The summed E-state index contributed by atoms with van der Waals surface area (Å²) in [6, 6.07) is 7.89. The lowest BCUT2D eigenvalue weighted by atomic mass is 9.95. The van der Waals surface area contributed by atoms with Gasteiger partial charge >= 0.3 is 0 Å². The number of fused-ring (bicyclic) bond motifs is 2. The largest absolute Gasteiger partial charge is 0.481 e. The Balaban J connectivity index is 1.13. The molecule has 0 saturated carbocycles. The minimum atomic E-state index is -0.331. The number of aromatic nitrogens is 3. The molecule has 1 fully saturated rings. The smallest absolute Gasteiger partial charge is 0.263 e. The van der Waals surface area contributed by atoms with E-state index in [1.807, 2.05) is 12.1 Å². The molecule has 34 heavy (non-hydrogen) atoms. The number of methoxy groups -OCH3 is 1. The standard InChI is InChI=1S/C24H27FN6O3/c1-33-22-9-7-19-23(31-22)17(18(25)12-28-19)6-4-14-2-3-15(10-26-14)27-11-16-5-8-20-24(29-16)30-21(32)13-34-20/h5,7-9,12,14-15,26-27H,2-4,6,10-11,13H2,1H3,(H,29,30,32). The summed E-state index contributed by atoms with van der Waals surface area (Å²) in [4.78, 5) is 24.5. The number of carbonyl (C=O) groups excluding carboxylic acids is 1. The molecule has 0 aromatic carbocycles. The predicted octanol–water partition coefficient (Wildman–Crippen LogP) is 2.35. The second-order valence-electron chi connectivity index (χ2n) is 8.59. The average molecular weight is 467 g/mol. The zero-order valence-corrected chi connectivity index (χ0v) is 18.9. The number of anilines is 1. The van der Waals surface area contributed by atoms with Crippen molar-refractivity contribution in [3.8, 4) is 11.6 Å². The van der Waals surface area contributed by atoms with E-state index in [4.69, 9.17) is 9.47 Å². The highest BCUT2D eigenvalue weighted by molar-refractivity contribution is 5.94. The molecule has 1 saturated heterocycles. The first-order valence-corrected chi connectivity index (χ1v) is 11.5. The maximum absolute atomic E-state index is 14.5. The van der Waals surface area contributed by atoms with Crippen LogP contribution in [0.3, 0.4) is 0 Å². The molecule has 5 heterocycles. The molecule has 3 N–H and O–H groups in total. The molecule has 2 aliphatic rings. The van der Waals surface area contributed by atoms with Gasteiger partial charge in [0.25, 0.3) is 5.91 Å². The van der Waals surface area contributed by atoms with Crippen LogP contribution in [0.4, 0.5) is 10.2 Å². The Hall–Kier alpha value is -3.37. The van der Waals surface area contributed by atoms with Crippen LogP contribution in [0.1, 0.15) is 30.5 Å². The van der Waals surface area contributed by atoms with Crippen molar-refractivity contribution in [3.63, 3.8) is 0 Å². The van der Waals surface area contributed by atoms with Crippen LogP contribution in [-0.2, 0) is 17.8 Å². The molecule has 3 aromatic rings. The zero-order valence-electron chi connectivity index (χ0n) is 18.9. The highest BCUT2D eigenvalue weighted by Gasteiger charge is 2.22. The first-order valence-electron chi connectivity index (χ1n) is 11.5. The molecule has 10 heteroatoms. The minimum Gasteiger partial charge on any atom is -0.481 e. The number of hydrogen-bond acceptors (Lipinski definition) is 8. The summed E-state index contributed by atoms with van der Waals surface area (Å²) in [5, 5.41) is 9.84. The molecule has 178 valence electrons. The molecular weight excluding hydrogens is 439 g/mol. The first kappa shape index (κ1) is 22.4. The van der Waals surface area contributed by atoms with Crippen molar-refractivity contribution in [1.82, 2.24) is 25.6 Å². The Labute approximate surface area is 196 Å². The number of aryl methyl sites for hydroxylation is 1. The van der Waals surface area contributed by atoms with E-state index >= 15 is 0 Å². The third-order valence-corrected chi connectivity index (χ3v) is 6.31. The van der Waals surface area contributed by atoms with Gasteiger partial charge in [-0.15, -0.1) is 0 Å². The van der Waals surface area contributed by atoms with Crippen LogP contribution >= 0.6 is 0 Å². The summed E-state index contributed by atoms with van der Waals surface area (Å²) >= 11 is 0. The molecule has 9 nitrogen and oxygen atoms in total. The van der Waals surface area contributed by atoms with Crippen LogP contribution in [0, 0.1) is 5.82 Å². The number of hydrogen-bond donors (Lipinski definition) is 3. The van der Waals surface area contributed by atoms with Gasteiger partial charge < -0.3 is 25.4 Å². The molecule has 0 bridgehead atoms. The van der Waals surface area contributed by atoms with Crippen molar-refractivity contribution in [2.45, 2.75) is 44.3 Å². The van der Waals surface area contributed by atoms with Crippen molar-refractivity contribution in [2.75, 3.05) is 25.6 Å². The summed E-state index contributed by atoms with van der Waals surface area (Å²) in [5.41, 5.74) is 2.66. The summed E-state index contributed by atoms with van der Waals surface area (Å²) < 4.78 is 25.1. The van der Waals surface area contributed by atoms with Gasteiger partial charge in [0.15, 0.2) is 18.2 Å². The van der Waals surface area contributed by atoms with Crippen LogP contribution < -0.4 is 25.4 Å². The number of rotatable bonds is 7. The number of ether oxygens (including phenoxy) is 2. The van der Waals surface area contributed by atoms with Crippen molar-refractivity contribution >= 4 is 22.8 Å². The third-order valence-electron chi connectivity index (χ3n) is 6.31. The fraction of sp³-hybridized carbons (Fsp3) is 0.417. The van der Waals surface area contributed by atoms with E-state index in [-0.39, 0.29) is 18.3 Å². The number of halogens is 1. The molecule has 0 aliphatic carbocycles. The molecule has 2 unspecified atom stereocenters. The summed E-state index contributed by atoms with van der Waals surface area (Å²) in [7, 11) is 1.55. The Morgan fingerprint density at radius 1 is 1.24 bits per heavy atom. The number of pyridine rings is 3. The van der Waals surface area contributed by atoms with E-state index in [0.29, 0.717) is 59.1 Å². The maximum atomic E-state index is 14.5. The van der Waals surface area contributed by atoms with Crippen LogP contribution in [0.2, 0.25) is 0 Å². The van der Waals surface area contributed by atoms with Gasteiger partial charge in [-0.2, -0.15) is 0 Å². The fourth-order valence-corrected chi connectivity index (χ4v) is 4.44. The van der Waals surface area contributed by atoms with Crippen LogP contribution in [0.5, 0.6) is 11.6 Å². The zero-order chi connectivity index (χ0) is 23.5. The molecule has 2 aliphatic heterocycles. The van der Waals surface area contributed by atoms with Crippen LogP contribution in [-0.4, -0.2) is 53.2 Å². The second kappa shape index (κ2) is 9.86. The van der Waals surface area contributed by atoms with Gasteiger partial charge in [0.2, 0.25) is 5.88 Å². The number of piperidine rings is 1. The van der Waals surface area contributed by atoms with Gasteiger partial charge in [0.1, 0.15) is 5.82 Å². The molecule has 2 atom stereocenters. The molecule has 5 rings (SSSR count). The monoisotopic (exact) mass is 466 g/mol. The number of nitrogens with zero attached hydrogens (tertiary/aromatic N) is 3. The van der Waals surface area contributed by atoms with Crippen LogP contribution in [0.25, 0.3) is 11.0 Å². The van der Waals surface area contributed by atoms with E-state index in [2.05, 4.69) is 30.9 Å². The van der Waals surface area contributed by atoms with Crippen molar-refractivity contribution in [1.29, 1.82) is 0 Å². The van der Waals surface area contributed by atoms with E-state index < -0.39 is 0 Å². The van der Waals surface area contributed by atoms with Gasteiger partial charge in [0, 0.05) is 36.8 Å². The Morgan fingerprint density at radius 2 is 2.15 bits per heavy atom. The lowest BCUT2D eigenvalue weighted by molar-refractivity contribution is -0.118. The highest BCUT2D eigenvalue weighted by Crippen LogP contribution is 2.26. The highest BCUT2D eigenvalue weighted by atomic mass is 19.1. The van der Waals surface area contributed by atoms with Gasteiger partial charge in [0.05, 0.1) is 30.0 Å². The number of carbonyl (C=O) groups is 1. The number of nitrogens with one attached hydrogen (secondary N) is 3. The summed E-state index contributed by atoms with van der Waals surface area (Å²) in [6.45, 7) is 1.44. The SMILES string of the molecule is COc1ccc2ncc(F)c(CCC3CCC(NCc4ccc5c(n4)NC(=O)CO5)CN3)c2n1. The molecule has 3 aromatic heterocycles.